The fourth-order valence-electron chi connectivity index (χ4n) is 2.38. The van der Waals surface area contributed by atoms with Crippen LogP contribution in [0.1, 0.15) is 34.1 Å². The van der Waals surface area contributed by atoms with Crippen molar-refractivity contribution in [3.05, 3.63) is 0 Å². The summed E-state index contributed by atoms with van der Waals surface area (Å²) in [6.45, 7) is 10.1. The van der Waals surface area contributed by atoms with Gasteiger partial charge < -0.3 is 0 Å². The molecule has 1 saturated heterocycles. The molecule has 1 rings (SSSR count). The molecule has 0 aliphatic carbocycles. The van der Waals surface area contributed by atoms with Gasteiger partial charge in [-0.1, -0.05) is 23.1 Å². The largest absolute Gasteiger partial charge is 0.297 e. The van der Waals surface area contributed by atoms with Gasteiger partial charge in [0.15, 0.2) is 0 Å². The van der Waals surface area contributed by atoms with Gasteiger partial charge in [0.05, 0.1) is 0 Å². The second-order valence-corrected chi connectivity index (χ2v) is 6.09. The van der Waals surface area contributed by atoms with E-state index in [4.69, 9.17) is 0 Å². The van der Waals surface area contributed by atoms with Crippen molar-refractivity contribution in [2.24, 2.45) is 11.8 Å². The van der Waals surface area contributed by atoms with E-state index in [9.17, 15) is 4.39 Å². The molecule has 0 aromatic carbocycles. The molecule has 1 aliphatic rings. The molecule has 0 spiro atoms. The highest BCUT2D eigenvalue weighted by Gasteiger charge is 2.41. The summed E-state index contributed by atoms with van der Waals surface area (Å²) >= 11 is 0. The smallest absolute Gasteiger partial charge is 0.139 e. The zero-order valence-corrected chi connectivity index (χ0v) is 10.9. The number of rotatable bonds is 2. The Morgan fingerprint density at radius 1 is 1.36 bits per heavy atom. The second kappa shape index (κ2) is 4.45. The molecule has 0 radical (unpaired) electrons. The van der Waals surface area contributed by atoms with Gasteiger partial charge in [-0.15, -0.1) is 0 Å². The Morgan fingerprint density at radius 3 is 2.29 bits per heavy atom. The van der Waals surface area contributed by atoms with Gasteiger partial charge in [-0.05, 0) is 32.7 Å². The average molecular weight is 219 g/mol. The maximum atomic E-state index is 14.3. The molecule has 0 bridgehead atoms. The van der Waals surface area contributed by atoms with Gasteiger partial charge in [0.1, 0.15) is 5.41 Å². The van der Waals surface area contributed by atoms with Gasteiger partial charge in [0.2, 0.25) is 0 Å². The van der Waals surface area contributed by atoms with Crippen molar-refractivity contribution in [3.63, 3.8) is 0 Å². The molecule has 1 nitrogen and oxygen atoms in total. The lowest BCUT2D eigenvalue weighted by Gasteiger charge is -2.44. The van der Waals surface area contributed by atoms with Gasteiger partial charge in [-0.25, -0.2) is 4.39 Å². The lowest BCUT2D eigenvalue weighted by molar-refractivity contribution is 0.0221. The van der Waals surface area contributed by atoms with Crippen LogP contribution in [0.3, 0.4) is 0 Å². The number of hydrogen-bond donors (Lipinski definition) is 0. The minimum atomic E-state index is -1.09. The van der Waals surface area contributed by atoms with Crippen LogP contribution in [0.4, 0.5) is 4.39 Å². The van der Waals surface area contributed by atoms with E-state index in [0.29, 0.717) is 18.5 Å². The quantitative estimate of drug-likeness (QED) is 0.645. The van der Waals surface area contributed by atoms with Crippen LogP contribution in [0.15, 0.2) is 0 Å². The molecule has 0 aromatic rings. The van der Waals surface area contributed by atoms with E-state index in [2.05, 4.69) is 41.8 Å². The topological polar surface area (TPSA) is 3.24 Å². The molecule has 14 heavy (non-hydrogen) atoms. The molecule has 0 amide bonds. The van der Waals surface area contributed by atoms with Crippen molar-refractivity contribution in [2.75, 3.05) is 13.1 Å². The van der Waals surface area contributed by atoms with Gasteiger partial charge in [-0.3, -0.25) is 4.90 Å². The third kappa shape index (κ3) is 2.67. The first-order valence-corrected chi connectivity index (χ1v) is 6.14. The highest BCUT2D eigenvalue weighted by molar-refractivity contribution is 7.18. The van der Waals surface area contributed by atoms with Crippen molar-refractivity contribution >= 4 is 9.24 Å². The van der Waals surface area contributed by atoms with Crippen LogP contribution in [-0.4, -0.2) is 29.4 Å². The first kappa shape index (κ1) is 12.4. The maximum absolute atomic E-state index is 14.3. The van der Waals surface area contributed by atoms with E-state index in [-0.39, 0.29) is 5.92 Å². The Hall–Kier alpha value is 0.320. The number of piperidine rings is 1. The van der Waals surface area contributed by atoms with E-state index in [1.165, 1.54) is 0 Å². The SMILES string of the molecule is CC(C)C1CCN(C(C)C)CC1(F)P. The van der Waals surface area contributed by atoms with Crippen LogP contribution < -0.4 is 0 Å². The van der Waals surface area contributed by atoms with Crippen molar-refractivity contribution in [1.82, 2.24) is 4.90 Å². The Balaban J connectivity index is 2.65. The number of likely N-dealkylation sites (tertiary alicyclic amines) is 1. The third-order valence-corrected chi connectivity index (χ3v) is 3.93. The Morgan fingerprint density at radius 2 is 1.93 bits per heavy atom. The summed E-state index contributed by atoms with van der Waals surface area (Å²) in [7, 11) is 2.43. The monoisotopic (exact) mass is 219 g/mol. The molecule has 1 aliphatic heterocycles. The molecule has 0 saturated carbocycles. The van der Waals surface area contributed by atoms with Gasteiger partial charge in [0.25, 0.3) is 0 Å². The van der Waals surface area contributed by atoms with Crippen LogP contribution in [0, 0.1) is 11.8 Å². The summed E-state index contributed by atoms with van der Waals surface area (Å²) in [5.41, 5.74) is 0. The first-order chi connectivity index (χ1) is 6.34. The van der Waals surface area contributed by atoms with E-state index in [1.54, 1.807) is 0 Å². The summed E-state index contributed by atoms with van der Waals surface area (Å²) in [6, 6.07) is 0.457. The third-order valence-electron chi connectivity index (χ3n) is 3.32. The van der Waals surface area contributed by atoms with Crippen LogP contribution in [0.5, 0.6) is 0 Å². The molecule has 1 fully saturated rings. The molecule has 3 atom stereocenters. The van der Waals surface area contributed by atoms with E-state index in [0.717, 1.165) is 13.0 Å². The van der Waals surface area contributed by atoms with Crippen LogP contribution in [0.25, 0.3) is 0 Å². The summed E-state index contributed by atoms with van der Waals surface area (Å²) < 4.78 is 14.3. The van der Waals surface area contributed by atoms with Crippen LogP contribution in [0.2, 0.25) is 0 Å². The highest BCUT2D eigenvalue weighted by atomic mass is 31.0. The van der Waals surface area contributed by atoms with Gasteiger partial charge in [0, 0.05) is 18.5 Å². The molecule has 0 N–H and O–H groups in total. The number of hydrogen-bond acceptors (Lipinski definition) is 1. The Kier molecular flexibility index (Phi) is 3.94. The average Bonchev–Trinajstić information content (AvgIpc) is 2.01. The minimum absolute atomic E-state index is 0.197. The number of nitrogens with zero attached hydrogens (tertiary/aromatic N) is 1. The van der Waals surface area contributed by atoms with Gasteiger partial charge >= 0.3 is 0 Å². The van der Waals surface area contributed by atoms with Crippen molar-refractivity contribution < 1.29 is 4.39 Å². The van der Waals surface area contributed by atoms with Crippen molar-refractivity contribution in [2.45, 2.75) is 45.6 Å². The number of alkyl halides is 1. The minimum Gasteiger partial charge on any atom is -0.297 e. The normalized spacial score (nSPS) is 35.6. The zero-order chi connectivity index (χ0) is 10.9. The summed E-state index contributed by atoms with van der Waals surface area (Å²) in [5.74, 6) is 0.634. The Labute approximate surface area is 89.6 Å². The molecule has 84 valence electrons. The lowest BCUT2D eigenvalue weighted by Crippen LogP contribution is -2.51. The predicted molar refractivity (Wildman–Crippen MR) is 63.2 cm³/mol. The summed E-state index contributed by atoms with van der Waals surface area (Å²) in [5, 5.41) is -1.09. The zero-order valence-electron chi connectivity index (χ0n) is 9.76. The first-order valence-electron chi connectivity index (χ1n) is 5.56. The van der Waals surface area contributed by atoms with Crippen LogP contribution >= 0.6 is 9.24 Å². The molecular formula is C11H23FNP. The number of halogens is 1. The highest BCUT2D eigenvalue weighted by Crippen LogP contribution is 2.41. The maximum Gasteiger partial charge on any atom is 0.139 e. The lowest BCUT2D eigenvalue weighted by atomic mass is 9.84. The summed E-state index contributed by atoms with van der Waals surface area (Å²) in [6.07, 6.45) is 0.982. The fraction of sp³-hybridized carbons (Fsp3) is 1.00. The van der Waals surface area contributed by atoms with Crippen LogP contribution in [-0.2, 0) is 0 Å². The van der Waals surface area contributed by atoms with E-state index >= 15 is 0 Å². The Bertz CT molecular complexity index is 192. The van der Waals surface area contributed by atoms with Crippen molar-refractivity contribution in [3.8, 4) is 0 Å². The molecule has 1 heterocycles. The molecule has 3 heteroatoms. The fourth-order valence-corrected chi connectivity index (χ4v) is 3.17. The van der Waals surface area contributed by atoms with E-state index in [1.807, 2.05) is 0 Å². The predicted octanol–water partition coefficient (Wildman–Crippen LogP) is 2.91. The van der Waals surface area contributed by atoms with Crippen molar-refractivity contribution in [1.29, 1.82) is 0 Å². The molecule has 0 aromatic heterocycles. The van der Waals surface area contributed by atoms with Gasteiger partial charge in [-0.2, -0.15) is 0 Å². The summed E-state index contributed by atoms with van der Waals surface area (Å²) in [4.78, 5) is 2.23. The standard InChI is InChI=1S/C11H23FNP/c1-8(2)10-5-6-13(9(3)4)7-11(10,12)14/h8-10H,5-7,14H2,1-4H3. The van der Waals surface area contributed by atoms with E-state index < -0.39 is 5.41 Å². The molecular weight excluding hydrogens is 196 g/mol. The molecule has 3 unspecified atom stereocenters. The second-order valence-electron chi connectivity index (χ2n) is 5.13.